The summed E-state index contributed by atoms with van der Waals surface area (Å²) in [6.07, 6.45) is 1.38. The maximum absolute atomic E-state index is 10.2. The van der Waals surface area contributed by atoms with Crippen LogP contribution in [0.3, 0.4) is 0 Å². The number of hydrogen-bond donors (Lipinski definition) is 1. The predicted molar refractivity (Wildman–Crippen MR) is 36.4 cm³/mol. The van der Waals surface area contributed by atoms with Crippen molar-refractivity contribution in [3.05, 3.63) is 30.1 Å². The number of hydrogen-bond acceptors (Lipinski definition) is 3. The molecule has 0 bridgehead atoms. The zero-order valence-electron chi connectivity index (χ0n) is 5.64. The summed E-state index contributed by atoms with van der Waals surface area (Å²) in [7, 11) is 0. The van der Waals surface area contributed by atoms with Gasteiger partial charge in [0.05, 0.1) is 5.75 Å². The molecule has 0 aliphatic carbocycles. The Balaban J connectivity index is 2.86. The molecule has 0 spiro atoms. The Hall–Kier alpha value is -0.940. The second-order valence-corrected chi connectivity index (χ2v) is 2.88. The molecular weight excluding hydrogens is 166 g/mol. The van der Waals surface area contributed by atoms with Crippen molar-refractivity contribution < 1.29 is 18.7 Å². The van der Waals surface area contributed by atoms with Crippen LogP contribution in [0.15, 0.2) is 24.4 Å². The second kappa shape index (κ2) is 3.45. The molecule has 0 aliphatic heterocycles. The van der Waals surface area contributed by atoms with Gasteiger partial charge in [0.2, 0.25) is 11.9 Å². The average molecular weight is 173 g/mol. The maximum Gasteiger partial charge on any atom is 0.245 e. The third-order valence-corrected chi connectivity index (χ3v) is 1.72. The van der Waals surface area contributed by atoms with E-state index in [9.17, 15) is 8.76 Å². The lowest BCUT2D eigenvalue weighted by molar-refractivity contribution is -0.909. The summed E-state index contributed by atoms with van der Waals surface area (Å²) in [6, 6.07) is 4.81. The fraction of sp³-hybridized carbons (Fsp3) is 0.167. The zero-order chi connectivity index (χ0) is 8.27. The van der Waals surface area contributed by atoms with Gasteiger partial charge in [-0.25, -0.2) is 0 Å². The molecule has 0 radical (unpaired) electrons. The first-order valence-electron chi connectivity index (χ1n) is 2.95. The summed E-state index contributed by atoms with van der Waals surface area (Å²) in [4.78, 5) is 0. The SMILES string of the molecule is O=S([O-])Cc1cccc[n+]1O. The van der Waals surface area contributed by atoms with Gasteiger partial charge in [-0.3, -0.25) is 9.42 Å². The molecule has 5 heteroatoms. The third-order valence-electron chi connectivity index (χ3n) is 1.19. The van der Waals surface area contributed by atoms with Crippen molar-refractivity contribution in [2.45, 2.75) is 5.75 Å². The molecule has 11 heavy (non-hydrogen) atoms. The van der Waals surface area contributed by atoms with E-state index in [1.807, 2.05) is 0 Å². The van der Waals surface area contributed by atoms with Crippen molar-refractivity contribution in [1.82, 2.24) is 0 Å². The monoisotopic (exact) mass is 173 g/mol. The van der Waals surface area contributed by atoms with Crippen molar-refractivity contribution in [3.8, 4) is 0 Å². The van der Waals surface area contributed by atoms with Crippen molar-refractivity contribution in [1.29, 1.82) is 0 Å². The normalized spacial score (nSPS) is 12.8. The fourth-order valence-corrected chi connectivity index (χ4v) is 1.17. The van der Waals surface area contributed by atoms with Gasteiger partial charge in [-0.2, -0.15) is 0 Å². The van der Waals surface area contributed by atoms with Crippen LogP contribution in [-0.4, -0.2) is 14.0 Å². The van der Waals surface area contributed by atoms with Crippen LogP contribution in [0, 0.1) is 0 Å². The maximum atomic E-state index is 10.2. The van der Waals surface area contributed by atoms with Gasteiger partial charge in [0.25, 0.3) is 0 Å². The molecule has 1 aromatic heterocycles. The molecule has 1 aromatic rings. The van der Waals surface area contributed by atoms with E-state index >= 15 is 0 Å². The Morgan fingerprint density at radius 3 is 2.91 bits per heavy atom. The summed E-state index contributed by atoms with van der Waals surface area (Å²) in [6.45, 7) is 0. The van der Waals surface area contributed by atoms with Crippen molar-refractivity contribution in [3.63, 3.8) is 0 Å². The van der Waals surface area contributed by atoms with Crippen molar-refractivity contribution >= 4 is 11.1 Å². The Morgan fingerprint density at radius 2 is 2.36 bits per heavy atom. The highest BCUT2D eigenvalue weighted by Crippen LogP contribution is 1.93. The van der Waals surface area contributed by atoms with Crippen LogP contribution < -0.4 is 4.73 Å². The first-order valence-corrected chi connectivity index (χ1v) is 4.19. The molecule has 1 atom stereocenters. The molecule has 1 heterocycles. The molecular formula is C6H7NO3S. The largest absolute Gasteiger partial charge is 0.772 e. The van der Waals surface area contributed by atoms with E-state index in [1.54, 1.807) is 12.1 Å². The summed E-state index contributed by atoms with van der Waals surface area (Å²) in [5, 5.41) is 9.00. The molecule has 1 N–H and O–H groups in total. The molecule has 0 amide bonds. The summed E-state index contributed by atoms with van der Waals surface area (Å²) >= 11 is -2.16. The van der Waals surface area contributed by atoms with E-state index in [-0.39, 0.29) is 5.75 Å². The molecule has 0 saturated heterocycles. The molecule has 0 saturated carbocycles. The third kappa shape index (κ3) is 2.28. The summed E-state index contributed by atoms with van der Waals surface area (Å²) in [5.41, 5.74) is 0.348. The van der Waals surface area contributed by atoms with Crippen LogP contribution in [0.25, 0.3) is 0 Å². The Morgan fingerprint density at radius 1 is 1.64 bits per heavy atom. The number of nitrogens with zero attached hydrogens (tertiary/aromatic N) is 1. The highest BCUT2D eigenvalue weighted by atomic mass is 32.2. The standard InChI is InChI=1S/C6H7NO3S/c8-7-4-2-1-3-6(7)5-11(9)10/h1-4H,5H2,(H-,8,9,10). The quantitative estimate of drug-likeness (QED) is 0.375. The van der Waals surface area contributed by atoms with Gasteiger partial charge in [-0.1, -0.05) is 0 Å². The van der Waals surface area contributed by atoms with Gasteiger partial charge in [0, 0.05) is 16.9 Å². The Kier molecular flexibility index (Phi) is 2.56. The minimum atomic E-state index is -2.16. The molecule has 4 nitrogen and oxygen atoms in total. The zero-order valence-corrected chi connectivity index (χ0v) is 6.45. The second-order valence-electron chi connectivity index (χ2n) is 1.98. The molecule has 60 valence electrons. The highest BCUT2D eigenvalue weighted by Gasteiger charge is 2.06. The average Bonchev–Trinajstić information content (AvgIpc) is 1.93. The molecule has 1 unspecified atom stereocenters. The minimum Gasteiger partial charge on any atom is -0.772 e. The van der Waals surface area contributed by atoms with Crippen molar-refractivity contribution in [2.75, 3.05) is 0 Å². The number of rotatable bonds is 2. The van der Waals surface area contributed by atoms with Crippen LogP contribution in [0.4, 0.5) is 0 Å². The lowest BCUT2D eigenvalue weighted by Gasteiger charge is -1.99. The first kappa shape index (κ1) is 8.16. The summed E-state index contributed by atoms with van der Waals surface area (Å²) in [5.74, 6) is -0.169. The molecule has 0 aliphatic rings. The number of aromatic nitrogens is 1. The first-order chi connectivity index (χ1) is 5.20. The lowest BCUT2D eigenvalue weighted by Crippen LogP contribution is -2.34. The van der Waals surface area contributed by atoms with Gasteiger partial charge >= 0.3 is 0 Å². The summed E-state index contributed by atoms with van der Waals surface area (Å²) < 4.78 is 21.2. The van der Waals surface area contributed by atoms with Crippen LogP contribution in [0.1, 0.15) is 5.69 Å². The van der Waals surface area contributed by atoms with Gasteiger partial charge in [-0.05, 0) is 17.1 Å². The van der Waals surface area contributed by atoms with Gasteiger partial charge in [0.15, 0.2) is 0 Å². The van der Waals surface area contributed by atoms with Gasteiger partial charge in [0.1, 0.15) is 0 Å². The van der Waals surface area contributed by atoms with E-state index in [4.69, 9.17) is 5.21 Å². The smallest absolute Gasteiger partial charge is 0.245 e. The minimum absolute atomic E-state index is 0.169. The van der Waals surface area contributed by atoms with Crippen LogP contribution in [-0.2, 0) is 16.8 Å². The van der Waals surface area contributed by atoms with E-state index < -0.39 is 11.1 Å². The topological polar surface area (TPSA) is 64.2 Å². The van der Waals surface area contributed by atoms with Gasteiger partial charge < -0.3 is 4.55 Å². The lowest BCUT2D eigenvalue weighted by atomic mass is 10.4. The molecule has 0 aromatic carbocycles. The highest BCUT2D eigenvalue weighted by molar-refractivity contribution is 7.78. The Bertz CT molecular complexity index is 276. The van der Waals surface area contributed by atoms with E-state index in [1.165, 1.54) is 12.3 Å². The van der Waals surface area contributed by atoms with Gasteiger partial charge in [-0.15, -0.1) is 0 Å². The molecule has 0 fully saturated rings. The van der Waals surface area contributed by atoms with Crippen LogP contribution >= 0.6 is 0 Å². The van der Waals surface area contributed by atoms with Crippen LogP contribution in [0.5, 0.6) is 0 Å². The van der Waals surface area contributed by atoms with E-state index in [0.717, 1.165) is 4.73 Å². The van der Waals surface area contributed by atoms with Crippen LogP contribution in [0.2, 0.25) is 0 Å². The van der Waals surface area contributed by atoms with E-state index in [0.29, 0.717) is 5.69 Å². The predicted octanol–water partition coefficient (Wildman–Crippen LogP) is -0.409. The fourth-order valence-electron chi connectivity index (χ4n) is 0.705. The number of pyridine rings is 1. The van der Waals surface area contributed by atoms with E-state index in [2.05, 4.69) is 0 Å². The Labute approximate surface area is 66.4 Å². The molecule has 1 rings (SSSR count). The van der Waals surface area contributed by atoms with Crippen molar-refractivity contribution in [2.24, 2.45) is 0 Å².